The smallest absolute Gasteiger partial charge is 0.340 e. The standard InChI is InChI=1S/C18H19F3N4O/c19-18(20,21)8-6-14-7-10-23-17(24-14)25-11-3-4-13(12-25)16(26)15-5-1-2-9-22-15/h1-2,5,7,9-10,13H,3-4,6,8,11-12H2/t13-/m1/s1. The summed E-state index contributed by atoms with van der Waals surface area (Å²) in [4.78, 5) is 27.0. The Hall–Kier alpha value is -2.51. The van der Waals surface area contributed by atoms with E-state index >= 15 is 0 Å². The van der Waals surface area contributed by atoms with E-state index in [0.717, 1.165) is 12.8 Å². The molecular formula is C18H19F3N4O. The molecule has 0 amide bonds. The first kappa shape index (κ1) is 18.3. The molecule has 138 valence electrons. The molecule has 1 aliphatic heterocycles. The van der Waals surface area contributed by atoms with Crippen molar-refractivity contribution in [3.05, 3.63) is 48.0 Å². The van der Waals surface area contributed by atoms with Crippen LogP contribution in [0.15, 0.2) is 36.7 Å². The number of aromatic nitrogens is 3. The van der Waals surface area contributed by atoms with E-state index in [1.165, 1.54) is 12.3 Å². The lowest BCUT2D eigenvalue weighted by Crippen LogP contribution is -2.40. The third-order valence-corrected chi connectivity index (χ3v) is 4.36. The minimum absolute atomic E-state index is 0.0245. The number of hydrogen-bond acceptors (Lipinski definition) is 5. The summed E-state index contributed by atoms with van der Waals surface area (Å²) >= 11 is 0. The quantitative estimate of drug-likeness (QED) is 0.761. The molecule has 1 atom stereocenters. The van der Waals surface area contributed by atoms with Crippen molar-refractivity contribution in [1.82, 2.24) is 15.0 Å². The van der Waals surface area contributed by atoms with Crippen molar-refractivity contribution in [2.45, 2.75) is 31.9 Å². The first-order valence-electron chi connectivity index (χ1n) is 8.51. The van der Waals surface area contributed by atoms with Gasteiger partial charge in [0.2, 0.25) is 5.95 Å². The second-order valence-corrected chi connectivity index (χ2v) is 6.33. The molecule has 3 rings (SSSR count). The molecule has 3 heterocycles. The topological polar surface area (TPSA) is 59.0 Å². The van der Waals surface area contributed by atoms with Gasteiger partial charge < -0.3 is 4.90 Å². The second-order valence-electron chi connectivity index (χ2n) is 6.33. The number of carbonyl (C=O) groups excluding carboxylic acids is 1. The first-order chi connectivity index (χ1) is 12.4. The van der Waals surface area contributed by atoms with Crippen LogP contribution in [0.5, 0.6) is 0 Å². The highest BCUT2D eigenvalue weighted by Gasteiger charge is 2.29. The monoisotopic (exact) mass is 364 g/mol. The molecule has 26 heavy (non-hydrogen) atoms. The highest BCUT2D eigenvalue weighted by molar-refractivity contribution is 5.96. The zero-order chi connectivity index (χ0) is 18.6. The number of carbonyl (C=O) groups is 1. The maximum Gasteiger partial charge on any atom is 0.389 e. The fourth-order valence-corrected chi connectivity index (χ4v) is 3.04. The van der Waals surface area contributed by atoms with E-state index < -0.39 is 12.6 Å². The number of piperidine rings is 1. The van der Waals surface area contributed by atoms with Crippen LogP contribution in [0.3, 0.4) is 0 Å². The Morgan fingerprint density at radius 1 is 1.19 bits per heavy atom. The summed E-state index contributed by atoms with van der Waals surface area (Å²) in [6.07, 6.45) is -0.706. The Morgan fingerprint density at radius 3 is 2.77 bits per heavy atom. The van der Waals surface area contributed by atoms with E-state index in [-0.39, 0.29) is 18.1 Å². The Kier molecular flexibility index (Phi) is 5.49. The number of anilines is 1. The zero-order valence-electron chi connectivity index (χ0n) is 14.1. The molecule has 5 nitrogen and oxygen atoms in total. The molecule has 0 radical (unpaired) electrons. The predicted octanol–water partition coefficient (Wildman–Crippen LogP) is 3.47. The summed E-state index contributed by atoms with van der Waals surface area (Å²) in [7, 11) is 0. The zero-order valence-corrected chi connectivity index (χ0v) is 14.1. The molecule has 0 N–H and O–H groups in total. The summed E-state index contributed by atoms with van der Waals surface area (Å²) in [6.45, 7) is 1.12. The van der Waals surface area contributed by atoms with Crippen molar-refractivity contribution in [3.63, 3.8) is 0 Å². The van der Waals surface area contributed by atoms with Crippen LogP contribution in [0.4, 0.5) is 19.1 Å². The third-order valence-electron chi connectivity index (χ3n) is 4.36. The summed E-state index contributed by atoms with van der Waals surface area (Å²) in [6, 6.07) is 6.71. The Labute approximate surface area is 149 Å². The van der Waals surface area contributed by atoms with Gasteiger partial charge in [-0.25, -0.2) is 9.97 Å². The maximum atomic E-state index is 12.6. The Balaban J connectivity index is 1.69. The molecule has 0 spiro atoms. The molecule has 1 saturated heterocycles. The van der Waals surface area contributed by atoms with E-state index in [2.05, 4.69) is 15.0 Å². The average molecular weight is 364 g/mol. The van der Waals surface area contributed by atoms with Crippen molar-refractivity contribution < 1.29 is 18.0 Å². The highest BCUT2D eigenvalue weighted by Crippen LogP contribution is 2.25. The number of hydrogen-bond donors (Lipinski definition) is 0. The molecule has 8 heteroatoms. The van der Waals surface area contributed by atoms with E-state index in [9.17, 15) is 18.0 Å². The molecule has 0 bridgehead atoms. The van der Waals surface area contributed by atoms with Crippen LogP contribution in [-0.2, 0) is 6.42 Å². The van der Waals surface area contributed by atoms with Crippen molar-refractivity contribution in [2.75, 3.05) is 18.0 Å². The highest BCUT2D eigenvalue weighted by atomic mass is 19.4. The number of halogens is 3. The fraction of sp³-hybridized carbons (Fsp3) is 0.444. The minimum atomic E-state index is -4.21. The van der Waals surface area contributed by atoms with Crippen molar-refractivity contribution >= 4 is 11.7 Å². The van der Waals surface area contributed by atoms with Crippen molar-refractivity contribution in [3.8, 4) is 0 Å². The number of alkyl halides is 3. The lowest BCUT2D eigenvalue weighted by atomic mass is 9.92. The number of pyridine rings is 1. The van der Waals surface area contributed by atoms with Gasteiger partial charge in [-0.3, -0.25) is 9.78 Å². The number of ketones is 1. The SMILES string of the molecule is O=C(c1ccccn1)[C@@H]1CCCN(c2nccc(CCC(F)(F)F)n2)C1. The third kappa shape index (κ3) is 4.77. The van der Waals surface area contributed by atoms with E-state index in [4.69, 9.17) is 0 Å². The maximum absolute atomic E-state index is 12.6. The van der Waals surface area contributed by atoms with Gasteiger partial charge in [-0.05, 0) is 37.5 Å². The van der Waals surface area contributed by atoms with Gasteiger partial charge in [-0.2, -0.15) is 13.2 Å². The van der Waals surface area contributed by atoms with Gasteiger partial charge in [0.15, 0.2) is 5.78 Å². The Morgan fingerprint density at radius 2 is 2.04 bits per heavy atom. The first-order valence-corrected chi connectivity index (χ1v) is 8.51. The normalized spacial score (nSPS) is 18.0. The summed E-state index contributed by atoms with van der Waals surface area (Å²) < 4.78 is 37.2. The van der Waals surface area contributed by atoms with Crippen LogP contribution in [-0.4, -0.2) is 40.0 Å². The molecule has 0 saturated carbocycles. The van der Waals surface area contributed by atoms with Crippen LogP contribution in [0, 0.1) is 5.92 Å². The van der Waals surface area contributed by atoms with Gasteiger partial charge in [0.25, 0.3) is 0 Å². The van der Waals surface area contributed by atoms with E-state index in [1.54, 1.807) is 24.4 Å². The van der Waals surface area contributed by atoms with Crippen molar-refractivity contribution in [1.29, 1.82) is 0 Å². The minimum Gasteiger partial charge on any atom is -0.340 e. The lowest BCUT2D eigenvalue weighted by Gasteiger charge is -2.32. The molecule has 0 aliphatic carbocycles. The van der Waals surface area contributed by atoms with E-state index in [1.807, 2.05) is 4.90 Å². The van der Waals surface area contributed by atoms with Crippen LogP contribution in [0.1, 0.15) is 35.4 Å². The Bertz CT molecular complexity index is 752. The summed E-state index contributed by atoms with van der Waals surface area (Å²) in [5, 5.41) is 0. The van der Waals surface area contributed by atoms with Crippen molar-refractivity contribution in [2.24, 2.45) is 5.92 Å². The molecular weight excluding hydrogens is 345 g/mol. The van der Waals surface area contributed by atoms with Crippen LogP contribution >= 0.6 is 0 Å². The molecule has 1 fully saturated rings. The van der Waals surface area contributed by atoms with Gasteiger partial charge in [-0.1, -0.05) is 6.07 Å². The largest absolute Gasteiger partial charge is 0.389 e. The predicted molar refractivity (Wildman–Crippen MR) is 89.9 cm³/mol. The van der Waals surface area contributed by atoms with Crippen LogP contribution < -0.4 is 4.90 Å². The van der Waals surface area contributed by atoms with Crippen LogP contribution in [0.25, 0.3) is 0 Å². The number of rotatable bonds is 5. The van der Waals surface area contributed by atoms with Crippen LogP contribution in [0.2, 0.25) is 0 Å². The molecule has 0 aromatic carbocycles. The van der Waals surface area contributed by atoms with Gasteiger partial charge in [0.05, 0.1) is 0 Å². The van der Waals surface area contributed by atoms with Gasteiger partial charge in [0.1, 0.15) is 5.69 Å². The average Bonchev–Trinajstić information content (AvgIpc) is 2.66. The second kappa shape index (κ2) is 7.80. The van der Waals surface area contributed by atoms with Gasteiger partial charge >= 0.3 is 6.18 Å². The molecule has 2 aromatic rings. The number of Topliss-reactive ketones (excluding diaryl/α,β-unsaturated/α-hetero) is 1. The van der Waals surface area contributed by atoms with E-state index in [0.29, 0.717) is 30.4 Å². The molecule has 1 aliphatic rings. The molecule has 2 aromatic heterocycles. The lowest BCUT2D eigenvalue weighted by molar-refractivity contribution is -0.134. The van der Waals surface area contributed by atoms with Gasteiger partial charge in [0, 0.05) is 43.5 Å². The van der Waals surface area contributed by atoms with Gasteiger partial charge in [-0.15, -0.1) is 0 Å². The fourth-order valence-electron chi connectivity index (χ4n) is 3.04. The summed E-state index contributed by atoms with van der Waals surface area (Å²) in [5.74, 6) is 0.132. The molecule has 0 unspecified atom stereocenters. The number of nitrogens with zero attached hydrogens (tertiary/aromatic N) is 4. The number of aryl methyl sites for hydroxylation is 1. The summed E-state index contributed by atoms with van der Waals surface area (Å²) in [5.41, 5.74) is 0.782.